The molecule has 1 aliphatic heterocycles. The Labute approximate surface area is 104 Å². The SMILES string of the molecule is Cc1cc(Br)ccc1C(=O)N1CCC(N)C1. The van der Waals surface area contributed by atoms with E-state index in [9.17, 15) is 4.79 Å². The highest BCUT2D eigenvalue weighted by molar-refractivity contribution is 9.10. The van der Waals surface area contributed by atoms with Crippen molar-refractivity contribution in [2.75, 3.05) is 13.1 Å². The van der Waals surface area contributed by atoms with Crippen LogP contribution in [0.3, 0.4) is 0 Å². The fourth-order valence-electron chi connectivity index (χ4n) is 2.01. The van der Waals surface area contributed by atoms with Crippen LogP contribution in [0.25, 0.3) is 0 Å². The normalized spacial score (nSPS) is 20.2. The van der Waals surface area contributed by atoms with Gasteiger partial charge < -0.3 is 10.6 Å². The molecule has 2 rings (SSSR count). The van der Waals surface area contributed by atoms with Crippen molar-refractivity contribution < 1.29 is 4.79 Å². The lowest BCUT2D eigenvalue weighted by molar-refractivity contribution is 0.0790. The first kappa shape index (κ1) is 11.6. The lowest BCUT2D eigenvalue weighted by Crippen LogP contribution is -2.32. The van der Waals surface area contributed by atoms with E-state index in [2.05, 4.69) is 15.9 Å². The maximum atomic E-state index is 12.2. The highest BCUT2D eigenvalue weighted by Gasteiger charge is 2.25. The molecule has 4 heteroatoms. The Bertz CT molecular complexity index is 419. The number of carbonyl (C=O) groups excluding carboxylic acids is 1. The van der Waals surface area contributed by atoms with Crippen molar-refractivity contribution in [1.82, 2.24) is 4.90 Å². The number of carbonyl (C=O) groups is 1. The summed E-state index contributed by atoms with van der Waals surface area (Å²) < 4.78 is 1.000. The summed E-state index contributed by atoms with van der Waals surface area (Å²) in [4.78, 5) is 14.0. The van der Waals surface area contributed by atoms with Crippen molar-refractivity contribution in [1.29, 1.82) is 0 Å². The summed E-state index contributed by atoms with van der Waals surface area (Å²) in [6.45, 7) is 3.40. The number of likely N-dealkylation sites (tertiary alicyclic amines) is 1. The molecule has 0 aromatic heterocycles. The minimum atomic E-state index is 0.0953. The molecule has 1 aliphatic rings. The number of hydrogen-bond acceptors (Lipinski definition) is 2. The molecule has 1 aromatic carbocycles. The van der Waals surface area contributed by atoms with Crippen LogP contribution in [0.1, 0.15) is 22.3 Å². The van der Waals surface area contributed by atoms with Crippen molar-refractivity contribution in [2.45, 2.75) is 19.4 Å². The van der Waals surface area contributed by atoms with Crippen molar-refractivity contribution in [3.05, 3.63) is 33.8 Å². The molecule has 3 nitrogen and oxygen atoms in total. The number of amides is 1. The molecule has 0 spiro atoms. The molecule has 1 fully saturated rings. The van der Waals surface area contributed by atoms with Gasteiger partial charge in [-0.25, -0.2) is 0 Å². The van der Waals surface area contributed by atoms with Crippen molar-refractivity contribution >= 4 is 21.8 Å². The van der Waals surface area contributed by atoms with Gasteiger partial charge in [0.1, 0.15) is 0 Å². The molecule has 1 aromatic rings. The number of nitrogens with two attached hydrogens (primary N) is 1. The molecule has 1 saturated heterocycles. The topological polar surface area (TPSA) is 46.3 Å². The largest absolute Gasteiger partial charge is 0.337 e. The van der Waals surface area contributed by atoms with E-state index >= 15 is 0 Å². The zero-order chi connectivity index (χ0) is 11.7. The third-order valence-corrected chi connectivity index (χ3v) is 3.42. The van der Waals surface area contributed by atoms with Gasteiger partial charge in [0, 0.05) is 29.2 Å². The average molecular weight is 283 g/mol. The van der Waals surface area contributed by atoms with Crippen LogP contribution in [-0.4, -0.2) is 29.9 Å². The summed E-state index contributed by atoms with van der Waals surface area (Å²) in [6.07, 6.45) is 0.904. The Morgan fingerprint density at radius 2 is 2.31 bits per heavy atom. The molecule has 0 bridgehead atoms. The van der Waals surface area contributed by atoms with Crippen LogP contribution in [0, 0.1) is 6.92 Å². The van der Waals surface area contributed by atoms with E-state index in [4.69, 9.17) is 5.73 Å². The first-order chi connectivity index (χ1) is 7.58. The summed E-state index contributed by atoms with van der Waals surface area (Å²) >= 11 is 3.39. The molecule has 0 radical (unpaired) electrons. The van der Waals surface area contributed by atoms with Gasteiger partial charge in [0.2, 0.25) is 0 Å². The van der Waals surface area contributed by atoms with Crippen molar-refractivity contribution in [2.24, 2.45) is 5.73 Å². The minimum absolute atomic E-state index is 0.0953. The zero-order valence-corrected chi connectivity index (χ0v) is 10.8. The van der Waals surface area contributed by atoms with E-state index in [1.165, 1.54) is 0 Å². The zero-order valence-electron chi connectivity index (χ0n) is 9.24. The Balaban J connectivity index is 2.21. The number of halogens is 1. The van der Waals surface area contributed by atoms with Crippen molar-refractivity contribution in [3.63, 3.8) is 0 Å². The summed E-state index contributed by atoms with van der Waals surface area (Å²) in [6, 6.07) is 5.87. The number of aryl methyl sites for hydroxylation is 1. The number of hydrogen-bond donors (Lipinski definition) is 1. The number of benzene rings is 1. The quantitative estimate of drug-likeness (QED) is 0.856. The van der Waals surface area contributed by atoms with Crippen LogP contribution in [0.4, 0.5) is 0 Å². The van der Waals surface area contributed by atoms with Crippen LogP contribution in [-0.2, 0) is 0 Å². The molecule has 1 unspecified atom stereocenters. The summed E-state index contributed by atoms with van der Waals surface area (Å²) in [7, 11) is 0. The summed E-state index contributed by atoms with van der Waals surface area (Å²) in [5.41, 5.74) is 7.58. The highest BCUT2D eigenvalue weighted by Crippen LogP contribution is 2.19. The van der Waals surface area contributed by atoms with Gasteiger partial charge in [-0.3, -0.25) is 4.79 Å². The summed E-state index contributed by atoms with van der Waals surface area (Å²) in [5, 5.41) is 0. The van der Waals surface area contributed by atoms with Crippen LogP contribution < -0.4 is 5.73 Å². The minimum Gasteiger partial charge on any atom is -0.337 e. The summed E-state index contributed by atoms with van der Waals surface area (Å²) in [5.74, 6) is 0.0953. The second-order valence-electron chi connectivity index (χ2n) is 4.26. The molecule has 2 N–H and O–H groups in total. The molecular weight excluding hydrogens is 268 g/mol. The molecule has 0 aliphatic carbocycles. The monoisotopic (exact) mass is 282 g/mol. The van der Waals surface area contributed by atoms with Crippen LogP contribution in [0.2, 0.25) is 0 Å². The Morgan fingerprint density at radius 3 is 2.88 bits per heavy atom. The predicted octanol–water partition coefficient (Wildman–Crippen LogP) is 1.93. The molecule has 86 valence electrons. The van der Waals surface area contributed by atoms with Gasteiger partial charge in [-0.05, 0) is 37.1 Å². The highest BCUT2D eigenvalue weighted by atomic mass is 79.9. The standard InChI is InChI=1S/C12H15BrN2O/c1-8-6-9(13)2-3-11(8)12(16)15-5-4-10(14)7-15/h2-3,6,10H,4-5,7,14H2,1H3. The van der Waals surface area contributed by atoms with Crippen molar-refractivity contribution in [3.8, 4) is 0 Å². The van der Waals surface area contributed by atoms with E-state index < -0.39 is 0 Å². The Kier molecular flexibility index (Phi) is 3.30. The fraction of sp³-hybridized carbons (Fsp3) is 0.417. The van der Waals surface area contributed by atoms with Gasteiger partial charge in [-0.2, -0.15) is 0 Å². The molecular formula is C12H15BrN2O. The third kappa shape index (κ3) is 2.28. The second kappa shape index (κ2) is 4.55. The molecule has 1 heterocycles. The van der Waals surface area contributed by atoms with E-state index in [0.717, 1.165) is 28.6 Å². The van der Waals surface area contributed by atoms with E-state index in [0.29, 0.717) is 6.54 Å². The average Bonchev–Trinajstić information content (AvgIpc) is 2.64. The first-order valence-electron chi connectivity index (χ1n) is 5.39. The molecule has 1 amide bonds. The maximum absolute atomic E-state index is 12.2. The predicted molar refractivity (Wildman–Crippen MR) is 67.4 cm³/mol. The van der Waals surface area contributed by atoms with Gasteiger partial charge in [0.05, 0.1) is 0 Å². The lowest BCUT2D eigenvalue weighted by Gasteiger charge is -2.17. The number of rotatable bonds is 1. The third-order valence-electron chi connectivity index (χ3n) is 2.93. The van der Waals surface area contributed by atoms with E-state index in [1.807, 2.05) is 30.0 Å². The molecule has 1 atom stereocenters. The van der Waals surface area contributed by atoms with Gasteiger partial charge in [-0.15, -0.1) is 0 Å². The van der Waals surface area contributed by atoms with Gasteiger partial charge in [0.25, 0.3) is 5.91 Å². The van der Waals surface area contributed by atoms with E-state index in [-0.39, 0.29) is 11.9 Å². The number of nitrogens with zero attached hydrogens (tertiary/aromatic N) is 1. The first-order valence-corrected chi connectivity index (χ1v) is 6.18. The lowest BCUT2D eigenvalue weighted by atomic mass is 10.1. The smallest absolute Gasteiger partial charge is 0.254 e. The van der Waals surface area contributed by atoms with Crippen LogP contribution in [0.5, 0.6) is 0 Å². The van der Waals surface area contributed by atoms with Crippen LogP contribution >= 0.6 is 15.9 Å². The Morgan fingerprint density at radius 1 is 1.56 bits per heavy atom. The van der Waals surface area contributed by atoms with Gasteiger partial charge in [0.15, 0.2) is 0 Å². The van der Waals surface area contributed by atoms with Gasteiger partial charge in [-0.1, -0.05) is 15.9 Å². The van der Waals surface area contributed by atoms with Crippen LogP contribution in [0.15, 0.2) is 22.7 Å². The Hall–Kier alpha value is -0.870. The van der Waals surface area contributed by atoms with Gasteiger partial charge >= 0.3 is 0 Å². The maximum Gasteiger partial charge on any atom is 0.254 e. The second-order valence-corrected chi connectivity index (χ2v) is 5.17. The molecule has 0 saturated carbocycles. The van der Waals surface area contributed by atoms with E-state index in [1.54, 1.807) is 0 Å². The fourth-order valence-corrected chi connectivity index (χ4v) is 2.48. The molecule has 16 heavy (non-hydrogen) atoms.